The maximum atomic E-state index is 16.6. The molecule has 135 heavy (non-hydrogen) atoms. The summed E-state index contributed by atoms with van der Waals surface area (Å²) < 4.78 is 40.3. The van der Waals surface area contributed by atoms with Gasteiger partial charge in [-0.1, -0.05) is 83.3 Å². The van der Waals surface area contributed by atoms with E-state index in [9.17, 15) is 75.0 Å². The molecule has 0 aliphatic carbocycles. The van der Waals surface area contributed by atoms with E-state index in [1.807, 2.05) is 0 Å². The number of aliphatic hydroxyl groups excluding tert-OH is 6. The van der Waals surface area contributed by atoms with E-state index in [1.54, 1.807) is 13.8 Å². The first-order valence-electron chi connectivity index (χ1n) is 41.7. The van der Waals surface area contributed by atoms with Gasteiger partial charge in [0.15, 0.2) is 53.7 Å². The van der Waals surface area contributed by atoms with Gasteiger partial charge < -0.3 is 154 Å². The number of nitrogens with one attached hydrogen (secondary N) is 9. The molecule has 5 aromatic carbocycles. The number of ether oxygens (including phenoxy) is 6. The van der Waals surface area contributed by atoms with Crippen LogP contribution in [-0.2, 0) is 84.9 Å². The number of hydrogen-bond acceptors (Lipinski definition) is 35. The number of rotatable bonds is 22. The van der Waals surface area contributed by atoms with E-state index in [4.69, 9.17) is 85.3 Å². The zero-order valence-electron chi connectivity index (χ0n) is 72.1. The molecule has 718 valence electrons. The molecule has 11 heterocycles. The van der Waals surface area contributed by atoms with Gasteiger partial charge in [0.1, 0.15) is 124 Å². The van der Waals surface area contributed by atoms with Crippen molar-refractivity contribution in [3.63, 3.8) is 0 Å². The Hall–Kier alpha value is -12.4. The highest BCUT2D eigenvalue weighted by molar-refractivity contribution is 8.00. The Morgan fingerprint density at radius 1 is 0.763 bits per heavy atom. The number of fused-ring (bicyclic) bond motifs is 15. The largest absolute Gasteiger partial charge is 0.543 e. The minimum absolute atomic E-state index is 0.00130. The number of aromatic nitrogens is 2. The van der Waals surface area contributed by atoms with Crippen LogP contribution in [0.4, 0.5) is 5.13 Å². The number of aliphatic carboxylic acids is 1. The molecule has 7 aromatic rings. The molecule has 9 bridgehead atoms. The number of thiazole rings is 1. The van der Waals surface area contributed by atoms with Crippen molar-refractivity contribution in [3.8, 4) is 57.1 Å². The molecule has 3 saturated heterocycles. The number of nitrogen functional groups attached to an aromatic ring is 1. The van der Waals surface area contributed by atoms with Gasteiger partial charge in [-0.15, -0.1) is 11.8 Å². The van der Waals surface area contributed by atoms with Crippen molar-refractivity contribution in [1.29, 1.82) is 0 Å². The van der Waals surface area contributed by atoms with Gasteiger partial charge >= 0.3 is 0 Å². The van der Waals surface area contributed by atoms with Crippen LogP contribution in [0.2, 0.25) is 14.4 Å². The zero-order valence-corrected chi connectivity index (χ0v) is 76.0. The fourth-order valence-corrected chi connectivity index (χ4v) is 19.3. The van der Waals surface area contributed by atoms with Crippen molar-refractivity contribution in [2.45, 2.75) is 181 Å². The third-order valence-electron chi connectivity index (χ3n) is 23.3. The van der Waals surface area contributed by atoms with Gasteiger partial charge in [-0.3, -0.25) is 52.8 Å². The second-order valence-electron chi connectivity index (χ2n) is 33.4. The Bertz CT molecular complexity index is 5940. The van der Waals surface area contributed by atoms with Crippen molar-refractivity contribution in [1.82, 2.24) is 57.7 Å². The third kappa shape index (κ3) is 20.9. The number of phenolic OH excluding ortho intramolecular Hbond substituents is 3. The Labute approximate surface area is 789 Å². The monoisotopic (exact) mass is 1970 g/mol. The standard InChI is InChI=1S/C86H93Cl3N16O28S2/c1-31(2)17-45(93-5)73(116)99-61-65(111)34-7-11-48(43(87)18-34)129-50-20-36-21-51(69(50)133-84-70(68(114)67(113)52(29-106)131-84)132-54-26-86(4,92)71(115)32(3)128-54)130-49-12-8-35(19-44(49)88)66(112)62-80(123)98-58(42-23-39(108)24-47(109)55(42)41-22-38(107)9-10-40(41)57(77(120)100-62)97-76(119)56(36)96-74(117)46(25-53(90)110)95-79(61)122)75(118)94-27-33-13-15-104(16-14-33)28-37-30-134-82-63(81(124)105(82)64(37)83(125)126)101-78(121)60(103-127-6)59-72(89)135-85(91)102-59/h7-16,18-24,31-32,45-46,52,54,56-58,61-63,65-68,70-71,82,84,93,106,111-115H,17,25-30,92H2,1-6H3,(H15-,90,91,94,95,96,97,98,99,100,101,102,107,108,109,110,116,117,118,119,120,121,122,123,125,126)/b103-60+/t32-,45-,46+,52+,54?,56-,57-,58+,61-,62+,63-,65-,66-,67+,68-,70+,71+,82?,84-,86-/m1/s1. The number of nitrogens with two attached hydrogens (primary N) is 3. The molecule has 24 N–H and O–H groups in total. The first kappa shape index (κ1) is 98.6. The Morgan fingerprint density at radius 3 is 2.03 bits per heavy atom. The van der Waals surface area contributed by atoms with Crippen molar-refractivity contribution in [3.05, 3.63) is 168 Å². The average Bonchev–Trinajstić information content (AvgIpc) is 0.903. The lowest BCUT2D eigenvalue weighted by Gasteiger charge is -2.50. The number of carbonyl (C=O) groups excluding carboxylic acids is 11. The van der Waals surface area contributed by atoms with Crippen LogP contribution in [0.3, 0.4) is 0 Å². The summed E-state index contributed by atoms with van der Waals surface area (Å²) in [5.41, 5.74) is 13.3. The van der Waals surface area contributed by atoms with Gasteiger partial charge in [0, 0.05) is 53.6 Å². The second-order valence-corrected chi connectivity index (χ2v) is 36.9. The Morgan fingerprint density at radius 2 is 1.42 bits per heavy atom. The van der Waals surface area contributed by atoms with Gasteiger partial charge in [0.25, 0.3) is 11.8 Å². The van der Waals surface area contributed by atoms with Gasteiger partial charge in [-0.25, -0.2) is 9.55 Å². The minimum Gasteiger partial charge on any atom is -0.543 e. The van der Waals surface area contributed by atoms with E-state index in [-0.39, 0.29) is 68.7 Å². The number of carboxylic acids is 1. The summed E-state index contributed by atoms with van der Waals surface area (Å²) in [5, 5.41) is 144. The lowest BCUT2D eigenvalue weighted by Crippen LogP contribution is -2.71. The van der Waals surface area contributed by atoms with Crippen LogP contribution in [0.1, 0.15) is 116 Å². The number of halogens is 3. The number of aromatic hydroxyl groups is 3. The molecule has 20 atom stereocenters. The Balaban J connectivity index is 0.869. The number of carboxylic acid groups (broad SMARTS) is 1. The number of β-lactam (4-membered cyclic amide) rings is 1. The van der Waals surface area contributed by atoms with Gasteiger partial charge in [-0.2, -0.15) is 0 Å². The number of anilines is 1. The number of nitrogens with zero attached hydrogens (tertiary/aromatic N) is 4. The number of benzene rings is 5. The molecule has 10 amide bonds. The van der Waals surface area contributed by atoms with Crippen LogP contribution in [0.5, 0.6) is 46.0 Å². The maximum absolute atomic E-state index is 16.6. The van der Waals surface area contributed by atoms with Gasteiger partial charge in [0.05, 0.1) is 53.0 Å². The van der Waals surface area contributed by atoms with Crippen molar-refractivity contribution < 1.29 is 142 Å². The summed E-state index contributed by atoms with van der Waals surface area (Å²) in [4.78, 5) is 172. The molecular weight excluding hydrogens is 1880 g/mol. The number of pyridine rings is 1. The number of hydrogen-bond donors (Lipinski definition) is 21. The molecule has 9 aliphatic heterocycles. The maximum Gasteiger partial charge on any atom is 0.276 e. The number of oxime groups is 1. The number of phenols is 3. The zero-order chi connectivity index (χ0) is 97.5. The first-order valence-corrected chi connectivity index (χ1v) is 44.7. The summed E-state index contributed by atoms with van der Waals surface area (Å²) in [6, 6.07) is 0.635. The number of aliphatic hydroxyl groups is 6. The van der Waals surface area contributed by atoms with Crippen LogP contribution in [-0.4, -0.2) is 243 Å². The minimum atomic E-state index is -2.45. The van der Waals surface area contributed by atoms with E-state index in [0.717, 1.165) is 102 Å². The molecule has 0 radical (unpaired) electrons. The quantitative estimate of drug-likeness (QED) is 0.0164. The third-order valence-corrected chi connectivity index (χ3v) is 26.3. The topological polar surface area (TPSA) is 676 Å². The molecule has 2 unspecified atom stereocenters. The molecule has 2 aromatic heterocycles. The summed E-state index contributed by atoms with van der Waals surface area (Å²) >= 11 is 22.6. The fraction of sp³-hybridized carbons (Fsp3) is 0.395. The number of thioether (sulfide) groups is 1. The smallest absolute Gasteiger partial charge is 0.276 e. The fourth-order valence-electron chi connectivity index (χ4n) is 16.5. The molecule has 3 fully saturated rings. The van der Waals surface area contributed by atoms with Crippen molar-refractivity contribution in [2.24, 2.45) is 22.5 Å². The van der Waals surface area contributed by atoms with Crippen LogP contribution in [0.15, 0.2) is 120 Å². The molecule has 0 spiro atoms. The van der Waals surface area contributed by atoms with E-state index in [0.29, 0.717) is 5.56 Å². The van der Waals surface area contributed by atoms with Crippen LogP contribution in [0.25, 0.3) is 11.1 Å². The predicted molar refractivity (Wildman–Crippen MR) is 472 cm³/mol. The van der Waals surface area contributed by atoms with Gasteiger partial charge in [-0.05, 0) is 127 Å². The molecular formula is C86H93Cl3N16O28S2. The highest BCUT2D eigenvalue weighted by atomic mass is 35.5. The highest BCUT2D eigenvalue weighted by Gasteiger charge is 2.55. The molecule has 49 heteroatoms. The van der Waals surface area contributed by atoms with E-state index >= 15 is 28.8 Å². The number of primary amides is 1. The number of amides is 10. The number of carbonyl (C=O) groups is 11. The van der Waals surface area contributed by atoms with Crippen LogP contribution < -0.4 is 88.9 Å². The van der Waals surface area contributed by atoms with Gasteiger partial charge in [0.2, 0.25) is 59.3 Å². The molecule has 0 saturated carbocycles. The first-order chi connectivity index (χ1) is 64.0. The number of likely N-dealkylation sites (N-methyl/N-ethyl adjacent to an activating group) is 1. The predicted octanol–water partition coefficient (Wildman–Crippen LogP) is -1.23. The van der Waals surface area contributed by atoms with Crippen molar-refractivity contribution >= 4 is 134 Å². The van der Waals surface area contributed by atoms with Crippen molar-refractivity contribution in [2.75, 3.05) is 32.3 Å². The summed E-state index contributed by atoms with van der Waals surface area (Å²) in [7, 11) is 2.62. The summed E-state index contributed by atoms with van der Waals surface area (Å²) in [6.07, 6.45) is -16.2. The van der Waals surface area contributed by atoms with E-state index in [2.05, 4.69) is 58.0 Å². The molecule has 44 nitrogen and oxygen atoms in total. The summed E-state index contributed by atoms with van der Waals surface area (Å²) in [5.74, 6) is -19.2. The lowest BCUT2D eigenvalue weighted by atomic mass is 9.86. The van der Waals surface area contributed by atoms with E-state index in [1.165, 1.54) is 62.1 Å². The Kier molecular flexibility index (Phi) is 29.7. The molecule has 16 rings (SSSR count). The average molecular weight is 1970 g/mol. The van der Waals surface area contributed by atoms with E-state index < -0.39 is 295 Å². The van der Waals surface area contributed by atoms with Crippen LogP contribution >= 0.6 is 57.9 Å². The normalized spacial score (nSPS) is 27.2. The lowest BCUT2D eigenvalue weighted by molar-refractivity contribution is -0.689. The molecule has 9 aliphatic rings. The SMILES string of the molecule is CN[C@H](CC(C)C)C(=O)N[C@H]1C(=O)N[C@@H](CC(N)=O)C(=O)N[C@H]2C(=O)N[C@H]3C(=O)N[C@H](C(=O)N[C@H](C(=O)NCc4cc[n+](CC5=C(C(=O)[O-])N6C(=O)[C@@H](NC(=O)/C(=N/OC)c7nc(N)sc7Cl)C6SC5)cc4)c4cc(O)cc(O)c4-c4cc(O)ccc43)[C@H](O)c3ccc(c(Cl)c3)Oc3cc2cc(c3O[C@H]2O[C@@H](CO)[C@H](O)[C@@H](O)[C@@H]2OC2C[C@@](C)(N)[C@@H](O)[C@@H](C)O2)Oc2ccc(cc2Cl)[C@H]1O. The highest BCUT2D eigenvalue weighted by Crippen LogP contribution is 2.51. The second kappa shape index (κ2) is 40.7. The van der Waals surface area contributed by atoms with Crippen LogP contribution in [0, 0.1) is 5.92 Å². The summed E-state index contributed by atoms with van der Waals surface area (Å²) in [6.45, 7) is 5.01.